The van der Waals surface area contributed by atoms with Crippen LogP contribution < -0.4 is 0 Å². The molecule has 4 nitrogen and oxygen atoms in total. The van der Waals surface area contributed by atoms with Crippen LogP contribution in [0.3, 0.4) is 0 Å². The van der Waals surface area contributed by atoms with Gasteiger partial charge in [0.25, 0.3) is 0 Å². The average molecular weight is 264 g/mol. The van der Waals surface area contributed by atoms with Gasteiger partial charge in [-0.05, 0) is 25.7 Å². The minimum absolute atomic E-state index is 0.150. The Bertz CT molecular complexity index is 357. The maximum absolute atomic E-state index is 11.9. The van der Waals surface area contributed by atoms with Crippen LogP contribution in [0.2, 0.25) is 0 Å². The zero-order chi connectivity index (χ0) is 14.1. The van der Waals surface area contributed by atoms with Crippen LogP contribution in [0.25, 0.3) is 0 Å². The number of hydrogen-bond acceptors (Lipinski definition) is 4. The first-order valence-corrected chi connectivity index (χ1v) is 6.48. The van der Waals surface area contributed by atoms with Gasteiger partial charge < -0.3 is 9.47 Å². The van der Waals surface area contributed by atoms with E-state index in [1.165, 1.54) is 12.2 Å². The van der Waals surface area contributed by atoms with E-state index >= 15 is 0 Å². The van der Waals surface area contributed by atoms with Crippen LogP contribution in [-0.4, -0.2) is 25.2 Å². The molecule has 19 heavy (non-hydrogen) atoms. The third-order valence-electron chi connectivity index (χ3n) is 2.88. The zero-order valence-electron chi connectivity index (χ0n) is 11.2. The van der Waals surface area contributed by atoms with Crippen LogP contribution in [0.5, 0.6) is 0 Å². The molecule has 104 valence electrons. The summed E-state index contributed by atoms with van der Waals surface area (Å²) in [5.74, 6) is -0.875. The van der Waals surface area contributed by atoms with Gasteiger partial charge in [-0.1, -0.05) is 31.7 Å². The maximum Gasteiger partial charge on any atom is 0.334 e. The third-order valence-corrected chi connectivity index (χ3v) is 2.88. The molecule has 4 heteroatoms. The maximum atomic E-state index is 11.9. The SMILES string of the molecule is C=CCOC(=O)C1=C(C(=O)OCC=C)CCCCC1. The molecule has 0 atom stereocenters. The van der Waals surface area contributed by atoms with Crippen molar-refractivity contribution in [3.05, 3.63) is 36.5 Å². The van der Waals surface area contributed by atoms with Crippen LogP contribution in [-0.2, 0) is 19.1 Å². The second-order valence-electron chi connectivity index (χ2n) is 4.29. The fraction of sp³-hybridized carbons (Fsp3) is 0.467. The van der Waals surface area contributed by atoms with E-state index < -0.39 is 11.9 Å². The Morgan fingerprint density at radius 3 is 1.68 bits per heavy atom. The van der Waals surface area contributed by atoms with Crippen LogP contribution >= 0.6 is 0 Å². The number of esters is 2. The second kappa shape index (κ2) is 8.29. The molecule has 0 N–H and O–H groups in total. The molecule has 0 fully saturated rings. The highest BCUT2D eigenvalue weighted by atomic mass is 16.5. The molecule has 1 aliphatic carbocycles. The van der Waals surface area contributed by atoms with E-state index in [1.54, 1.807) is 0 Å². The number of rotatable bonds is 6. The highest BCUT2D eigenvalue weighted by Gasteiger charge is 2.24. The lowest BCUT2D eigenvalue weighted by atomic mass is 10.0. The van der Waals surface area contributed by atoms with Gasteiger partial charge >= 0.3 is 11.9 Å². The Hall–Kier alpha value is -1.84. The van der Waals surface area contributed by atoms with E-state index in [0.717, 1.165) is 19.3 Å². The molecule has 0 saturated carbocycles. The Kier molecular flexibility index (Phi) is 6.64. The molecule has 0 aromatic heterocycles. The van der Waals surface area contributed by atoms with Gasteiger partial charge in [-0.25, -0.2) is 9.59 Å². The lowest BCUT2D eigenvalue weighted by Gasteiger charge is -2.11. The topological polar surface area (TPSA) is 52.6 Å². The summed E-state index contributed by atoms with van der Waals surface area (Å²) in [7, 11) is 0. The number of ether oxygens (including phenoxy) is 2. The van der Waals surface area contributed by atoms with Gasteiger partial charge in [-0.15, -0.1) is 0 Å². The van der Waals surface area contributed by atoms with Crippen molar-refractivity contribution >= 4 is 11.9 Å². The van der Waals surface area contributed by atoms with Gasteiger partial charge in [0.2, 0.25) is 0 Å². The predicted molar refractivity (Wildman–Crippen MR) is 72.4 cm³/mol. The first-order valence-electron chi connectivity index (χ1n) is 6.48. The van der Waals surface area contributed by atoms with Crippen molar-refractivity contribution in [3.63, 3.8) is 0 Å². The van der Waals surface area contributed by atoms with Gasteiger partial charge in [0.15, 0.2) is 0 Å². The molecule has 0 saturated heterocycles. The smallest absolute Gasteiger partial charge is 0.334 e. The Morgan fingerprint density at radius 1 is 0.895 bits per heavy atom. The van der Waals surface area contributed by atoms with Crippen molar-refractivity contribution in [2.75, 3.05) is 13.2 Å². The molecular weight excluding hydrogens is 244 g/mol. The van der Waals surface area contributed by atoms with E-state index in [2.05, 4.69) is 13.2 Å². The van der Waals surface area contributed by atoms with Crippen LogP contribution in [0.4, 0.5) is 0 Å². The first-order chi connectivity index (χ1) is 9.20. The largest absolute Gasteiger partial charge is 0.458 e. The van der Waals surface area contributed by atoms with Crippen molar-refractivity contribution in [1.29, 1.82) is 0 Å². The van der Waals surface area contributed by atoms with Gasteiger partial charge in [0.05, 0.1) is 0 Å². The molecule has 1 rings (SSSR count). The van der Waals surface area contributed by atoms with Crippen molar-refractivity contribution in [1.82, 2.24) is 0 Å². The van der Waals surface area contributed by atoms with E-state index in [0.29, 0.717) is 24.0 Å². The number of carbonyl (C=O) groups excluding carboxylic acids is 2. The molecule has 0 bridgehead atoms. The molecule has 0 spiro atoms. The summed E-state index contributed by atoms with van der Waals surface area (Å²) < 4.78 is 10.1. The Labute approximate surface area is 113 Å². The minimum Gasteiger partial charge on any atom is -0.458 e. The molecular formula is C15H20O4. The van der Waals surface area contributed by atoms with Crippen LogP contribution in [0.15, 0.2) is 36.5 Å². The Morgan fingerprint density at radius 2 is 1.32 bits per heavy atom. The minimum atomic E-state index is -0.438. The van der Waals surface area contributed by atoms with Crippen molar-refractivity contribution in [2.45, 2.75) is 32.1 Å². The summed E-state index contributed by atoms with van der Waals surface area (Å²) in [6.07, 6.45) is 6.91. The highest BCUT2D eigenvalue weighted by molar-refractivity contribution is 6.00. The molecule has 0 aromatic carbocycles. The summed E-state index contributed by atoms with van der Waals surface area (Å²) in [6, 6.07) is 0. The van der Waals surface area contributed by atoms with E-state index in [1.807, 2.05) is 0 Å². The summed E-state index contributed by atoms with van der Waals surface area (Å²) in [5, 5.41) is 0. The highest BCUT2D eigenvalue weighted by Crippen LogP contribution is 2.25. The van der Waals surface area contributed by atoms with Crippen molar-refractivity contribution in [2.24, 2.45) is 0 Å². The molecule has 0 aromatic rings. The molecule has 0 heterocycles. The van der Waals surface area contributed by atoms with Gasteiger partial charge in [-0.3, -0.25) is 0 Å². The van der Waals surface area contributed by atoms with Crippen molar-refractivity contribution < 1.29 is 19.1 Å². The summed E-state index contributed by atoms with van der Waals surface area (Å²) in [4.78, 5) is 23.9. The van der Waals surface area contributed by atoms with E-state index in [-0.39, 0.29) is 13.2 Å². The molecule has 0 amide bonds. The number of carbonyl (C=O) groups is 2. The number of hydrogen-bond donors (Lipinski definition) is 0. The molecule has 0 radical (unpaired) electrons. The third kappa shape index (κ3) is 4.73. The van der Waals surface area contributed by atoms with E-state index in [9.17, 15) is 9.59 Å². The van der Waals surface area contributed by atoms with Crippen molar-refractivity contribution in [3.8, 4) is 0 Å². The lowest BCUT2D eigenvalue weighted by Crippen LogP contribution is -2.16. The van der Waals surface area contributed by atoms with Gasteiger partial charge in [-0.2, -0.15) is 0 Å². The Balaban J connectivity index is 2.88. The van der Waals surface area contributed by atoms with E-state index in [4.69, 9.17) is 9.47 Å². The van der Waals surface area contributed by atoms with Crippen LogP contribution in [0, 0.1) is 0 Å². The lowest BCUT2D eigenvalue weighted by molar-refractivity contribution is -0.141. The zero-order valence-corrected chi connectivity index (χ0v) is 11.2. The molecule has 0 unspecified atom stereocenters. The standard InChI is InChI=1S/C15H20O4/c1-3-10-18-14(16)12-8-6-5-7-9-13(12)15(17)19-11-4-2/h3-4H,1-2,5-11H2. The summed E-state index contributed by atoms with van der Waals surface area (Å²) in [6.45, 7) is 7.29. The fourth-order valence-corrected chi connectivity index (χ4v) is 1.98. The van der Waals surface area contributed by atoms with Gasteiger partial charge in [0, 0.05) is 11.1 Å². The average Bonchev–Trinajstić information content (AvgIpc) is 2.67. The second-order valence-corrected chi connectivity index (χ2v) is 4.29. The van der Waals surface area contributed by atoms with Crippen LogP contribution in [0.1, 0.15) is 32.1 Å². The monoisotopic (exact) mass is 264 g/mol. The molecule has 1 aliphatic rings. The summed E-state index contributed by atoms with van der Waals surface area (Å²) in [5.41, 5.74) is 0.904. The van der Waals surface area contributed by atoms with Gasteiger partial charge in [0.1, 0.15) is 13.2 Å². The summed E-state index contributed by atoms with van der Waals surface area (Å²) >= 11 is 0. The fourth-order valence-electron chi connectivity index (χ4n) is 1.98. The first kappa shape index (κ1) is 15.2. The molecule has 0 aliphatic heterocycles. The quantitative estimate of drug-likeness (QED) is 0.546. The predicted octanol–water partition coefficient (Wildman–Crippen LogP) is 2.71. The normalized spacial score (nSPS) is 15.4.